The molecule has 25 heavy (non-hydrogen) atoms. The van der Waals surface area contributed by atoms with E-state index in [1.807, 2.05) is 0 Å². The Balaban J connectivity index is 1.66. The Labute approximate surface area is 147 Å². The number of hydrogen-bond acceptors (Lipinski definition) is 3. The van der Waals surface area contributed by atoms with Gasteiger partial charge in [-0.05, 0) is 36.5 Å². The van der Waals surface area contributed by atoms with Crippen LogP contribution in [-0.4, -0.2) is 31.2 Å². The molecule has 2 amide bonds. The van der Waals surface area contributed by atoms with Crippen molar-refractivity contribution in [2.75, 3.05) is 18.0 Å². The van der Waals surface area contributed by atoms with Crippen LogP contribution in [0.15, 0.2) is 18.2 Å². The number of halogens is 1. The standard InChI is InChI=1S/C19H25FN2O3/c1-2-18(23)21-11-15-12-22(19(24)25-15)14-8-9-16(17(20)10-14)13-6-4-3-5-7-13/h8-10,13,15H,2-7,11-12H2,1H3,(H,21,23). The normalized spacial score (nSPS) is 21.3. The Kier molecular flexibility index (Phi) is 5.56. The average molecular weight is 348 g/mol. The van der Waals surface area contributed by atoms with Gasteiger partial charge >= 0.3 is 6.09 Å². The van der Waals surface area contributed by atoms with Gasteiger partial charge in [0.05, 0.1) is 18.8 Å². The van der Waals surface area contributed by atoms with Crippen LogP contribution in [0.25, 0.3) is 0 Å². The summed E-state index contributed by atoms with van der Waals surface area (Å²) in [6, 6.07) is 5.03. The molecule has 0 bridgehead atoms. The Bertz CT molecular complexity index is 644. The summed E-state index contributed by atoms with van der Waals surface area (Å²) in [5.74, 6) is -0.0531. The van der Waals surface area contributed by atoms with Gasteiger partial charge in [0.1, 0.15) is 11.9 Å². The van der Waals surface area contributed by atoms with Crippen LogP contribution < -0.4 is 10.2 Å². The molecular weight excluding hydrogens is 323 g/mol. The van der Waals surface area contributed by atoms with Gasteiger partial charge in [-0.15, -0.1) is 0 Å². The van der Waals surface area contributed by atoms with Crippen molar-refractivity contribution < 1.29 is 18.7 Å². The fraction of sp³-hybridized carbons (Fsp3) is 0.579. The zero-order chi connectivity index (χ0) is 17.8. The SMILES string of the molecule is CCC(=O)NCC1CN(c2ccc(C3CCCCC3)c(F)c2)C(=O)O1. The van der Waals surface area contributed by atoms with Crippen LogP contribution in [0.2, 0.25) is 0 Å². The first kappa shape index (κ1) is 17.7. The molecule has 2 fully saturated rings. The van der Waals surface area contributed by atoms with Gasteiger partial charge in [0, 0.05) is 6.42 Å². The van der Waals surface area contributed by atoms with Gasteiger partial charge < -0.3 is 10.1 Å². The van der Waals surface area contributed by atoms with Gasteiger partial charge in [0.25, 0.3) is 0 Å². The van der Waals surface area contributed by atoms with Crippen molar-refractivity contribution in [3.63, 3.8) is 0 Å². The molecule has 1 unspecified atom stereocenters. The summed E-state index contributed by atoms with van der Waals surface area (Å²) in [6.07, 6.45) is 5.06. The van der Waals surface area contributed by atoms with Crippen molar-refractivity contribution in [3.05, 3.63) is 29.6 Å². The third kappa shape index (κ3) is 4.11. The van der Waals surface area contributed by atoms with E-state index >= 15 is 0 Å². The van der Waals surface area contributed by atoms with E-state index in [-0.39, 0.29) is 24.2 Å². The summed E-state index contributed by atoms with van der Waals surface area (Å²) in [4.78, 5) is 24.8. The van der Waals surface area contributed by atoms with Gasteiger partial charge in [0.15, 0.2) is 0 Å². The van der Waals surface area contributed by atoms with Crippen LogP contribution in [0.1, 0.15) is 56.9 Å². The van der Waals surface area contributed by atoms with Gasteiger partial charge in [0.2, 0.25) is 5.91 Å². The Hall–Kier alpha value is -2.11. The molecule has 1 aromatic carbocycles. The lowest BCUT2D eigenvalue weighted by Crippen LogP contribution is -2.34. The summed E-state index contributed by atoms with van der Waals surface area (Å²) in [7, 11) is 0. The fourth-order valence-corrected chi connectivity index (χ4v) is 3.62. The van der Waals surface area contributed by atoms with Crippen LogP contribution in [0, 0.1) is 5.82 Å². The Morgan fingerprint density at radius 3 is 2.76 bits per heavy atom. The smallest absolute Gasteiger partial charge is 0.414 e. The molecule has 1 saturated heterocycles. The summed E-state index contributed by atoms with van der Waals surface area (Å²) in [6.45, 7) is 2.35. The highest BCUT2D eigenvalue weighted by Gasteiger charge is 2.33. The average Bonchev–Trinajstić information content (AvgIpc) is 3.01. The molecule has 3 rings (SSSR count). The summed E-state index contributed by atoms with van der Waals surface area (Å²) >= 11 is 0. The van der Waals surface area contributed by atoms with E-state index in [1.165, 1.54) is 17.4 Å². The largest absolute Gasteiger partial charge is 0.442 e. The first-order chi connectivity index (χ1) is 12.1. The molecule has 2 aliphatic rings. The molecule has 0 radical (unpaired) electrons. The van der Waals surface area contributed by atoms with Crippen molar-refractivity contribution in [2.45, 2.75) is 57.5 Å². The van der Waals surface area contributed by atoms with Gasteiger partial charge in [-0.2, -0.15) is 0 Å². The molecule has 1 aliphatic carbocycles. The molecular formula is C19H25FN2O3. The summed E-state index contributed by atoms with van der Waals surface area (Å²) in [5.41, 5.74) is 1.26. The Morgan fingerprint density at radius 1 is 1.32 bits per heavy atom. The number of amides is 2. The lowest BCUT2D eigenvalue weighted by atomic mass is 9.84. The highest BCUT2D eigenvalue weighted by atomic mass is 19.1. The van der Waals surface area contributed by atoms with Gasteiger partial charge in [-0.3, -0.25) is 9.69 Å². The van der Waals surface area contributed by atoms with E-state index in [0.717, 1.165) is 31.2 Å². The van der Waals surface area contributed by atoms with E-state index in [9.17, 15) is 14.0 Å². The molecule has 6 heteroatoms. The number of carbonyl (C=O) groups is 2. The lowest BCUT2D eigenvalue weighted by Gasteiger charge is -2.23. The number of rotatable bonds is 5. The second kappa shape index (κ2) is 7.85. The second-order valence-corrected chi connectivity index (χ2v) is 6.81. The first-order valence-corrected chi connectivity index (χ1v) is 9.12. The maximum atomic E-state index is 14.6. The van der Waals surface area contributed by atoms with Crippen molar-refractivity contribution in [1.82, 2.24) is 5.32 Å². The highest BCUT2D eigenvalue weighted by Crippen LogP contribution is 2.35. The number of ether oxygens (including phenoxy) is 1. The highest BCUT2D eigenvalue weighted by molar-refractivity contribution is 5.89. The first-order valence-electron chi connectivity index (χ1n) is 9.12. The molecule has 1 saturated carbocycles. The zero-order valence-corrected chi connectivity index (χ0v) is 14.6. The van der Waals surface area contributed by atoms with Crippen LogP contribution in [0.3, 0.4) is 0 Å². The molecule has 0 spiro atoms. The molecule has 1 N–H and O–H groups in total. The number of cyclic esters (lactones) is 1. The van der Waals surface area contributed by atoms with E-state index < -0.39 is 12.2 Å². The number of benzene rings is 1. The van der Waals surface area contributed by atoms with Crippen LogP contribution in [-0.2, 0) is 9.53 Å². The van der Waals surface area contributed by atoms with Crippen LogP contribution in [0.5, 0.6) is 0 Å². The number of nitrogens with one attached hydrogen (secondary N) is 1. The van der Waals surface area contributed by atoms with Crippen LogP contribution >= 0.6 is 0 Å². The van der Waals surface area contributed by atoms with Gasteiger partial charge in [-0.1, -0.05) is 32.3 Å². The maximum absolute atomic E-state index is 14.6. The molecule has 136 valence electrons. The van der Waals surface area contributed by atoms with Crippen molar-refractivity contribution >= 4 is 17.7 Å². The third-order valence-corrected chi connectivity index (χ3v) is 5.06. The quantitative estimate of drug-likeness (QED) is 0.882. The van der Waals surface area contributed by atoms with Crippen molar-refractivity contribution in [3.8, 4) is 0 Å². The predicted molar refractivity (Wildman–Crippen MR) is 93.1 cm³/mol. The minimum atomic E-state index is -0.499. The number of hydrogen-bond donors (Lipinski definition) is 1. The van der Waals surface area contributed by atoms with Crippen molar-refractivity contribution in [1.29, 1.82) is 0 Å². The Morgan fingerprint density at radius 2 is 2.08 bits per heavy atom. The molecule has 5 nitrogen and oxygen atoms in total. The lowest BCUT2D eigenvalue weighted by molar-refractivity contribution is -0.121. The van der Waals surface area contributed by atoms with Gasteiger partial charge in [-0.25, -0.2) is 9.18 Å². The zero-order valence-electron chi connectivity index (χ0n) is 14.6. The van der Waals surface area contributed by atoms with E-state index in [1.54, 1.807) is 19.1 Å². The molecule has 1 aliphatic heterocycles. The topological polar surface area (TPSA) is 58.6 Å². The monoisotopic (exact) mass is 348 g/mol. The maximum Gasteiger partial charge on any atom is 0.414 e. The van der Waals surface area contributed by atoms with E-state index in [4.69, 9.17) is 4.74 Å². The van der Waals surface area contributed by atoms with Crippen molar-refractivity contribution in [2.24, 2.45) is 0 Å². The molecule has 1 aromatic rings. The van der Waals surface area contributed by atoms with E-state index in [0.29, 0.717) is 18.7 Å². The number of carbonyl (C=O) groups excluding carboxylic acids is 2. The third-order valence-electron chi connectivity index (χ3n) is 5.06. The summed E-state index contributed by atoms with van der Waals surface area (Å²) < 4.78 is 19.8. The van der Waals surface area contributed by atoms with Crippen LogP contribution in [0.4, 0.5) is 14.9 Å². The van der Waals surface area contributed by atoms with E-state index in [2.05, 4.69) is 5.32 Å². The number of nitrogens with zero attached hydrogens (tertiary/aromatic N) is 1. The molecule has 1 heterocycles. The summed E-state index contributed by atoms with van der Waals surface area (Å²) in [5, 5.41) is 2.71. The minimum Gasteiger partial charge on any atom is -0.442 e. The predicted octanol–water partition coefficient (Wildman–Crippen LogP) is 3.72. The second-order valence-electron chi connectivity index (χ2n) is 6.81. The molecule has 1 atom stereocenters. The fourth-order valence-electron chi connectivity index (χ4n) is 3.62. The number of anilines is 1. The molecule has 0 aromatic heterocycles. The minimum absolute atomic E-state index is 0.0858.